The topological polar surface area (TPSA) is 74.9 Å². The summed E-state index contributed by atoms with van der Waals surface area (Å²) in [4.78, 5) is 6.88. The number of anilines is 1. The summed E-state index contributed by atoms with van der Waals surface area (Å²) in [6.07, 6.45) is 1.62. The summed E-state index contributed by atoms with van der Waals surface area (Å²) < 4.78 is 0. The molecule has 2 aromatic carbocycles. The van der Waals surface area contributed by atoms with Crippen LogP contribution in [0.2, 0.25) is 0 Å². The molecule has 0 amide bonds. The molecule has 17 heavy (non-hydrogen) atoms. The Morgan fingerprint density at radius 2 is 1.94 bits per heavy atom. The number of nitrogens with two attached hydrogens (primary N) is 1. The SMILES string of the molecule is Nc1ncc(-c2c(O)ccc3ccccc23)[nH]1. The number of imidazole rings is 1. The van der Waals surface area contributed by atoms with E-state index in [-0.39, 0.29) is 5.75 Å². The van der Waals surface area contributed by atoms with Gasteiger partial charge in [0.25, 0.3) is 0 Å². The van der Waals surface area contributed by atoms with Gasteiger partial charge in [-0.1, -0.05) is 30.3 Å². The summed E-state index contributed by atoms with van der Waals surface area (Å²) in [5, 5.41) is 12.0. The molecule has 84 valence electrons. The van der Waals surface area contributed by atoms with Crippen LogP contribution in [-0.4, -0.2) is 15.1 Å². The number of benzene rings is 2. The second-order valence-electron chi connectivity index (χ2n) is 3.86. The van der Waals surface area contributed by atoms with Gasteiger partial charge in [0.05, 0.1) is 11.9 Å². The minimum absolute atomic E-state index is 0.215. The molecule has 4 heteroatoms. The normalized spacial score (nSPS) is 10.8. The number of fused-ring (bicyclic) bond motifs is 1. The average Bonchev–Trinajstić information content (AvgIpc) is 2.75. The Kier molecular flexibility index (Phi) is 2.01. The van der Waals surface area contributed by atoms with Crippen LogP contribution in [-0.2, 0) is 0 Å². The minimum atomic E-state index is 0.215. The van der Waals surface area contributed by atoms with Crippen molar-refractivity contribution in [3.63, 3.8) is 0 Å². The quantitative estimate of drug-likeness (QED) is 0.595. The highest BCUT2D eigenvalue weighted by Gasteiger charge is 2.10. The smallest absolute Gasteiger partial charge is 0.197 e. The van der Waals surface area contributed by atoms with Crippen molar-refractivity contribution in [1.29, 1.82) is 0 Å². The number of H-pyrrole nitrogens is 1. The van der Waals surface area contributed by atoms with E-state index in [1.54, 1.807) is 12.3 Å². The molecule has 1 aromatic heterocycles. The second-order valence-corrected chi connectivity index (χ2v) is 3.86. The van der Waals surface area contributed by atoms with Crippen molar-refractivity contribution in [3.05, 3.63) is 42.6 Å². The lowest BCUT2D eigenvalue weighted by molar-refractivity contribution is 0.478. The van der Waals surface area contributed by atoms with E-state index in [2.05, 4.69) is 9.97 Å². The zero-order valence-corrected chi connectivity index (χ0v) is 9.01. The van der Waals surface area contributed by atoms with Gasteiger partial charge < -0.3 is 15.8 Å². The number of hydrogen-bond acceptors (Lipinski definition) is 3. The van der Waals surface area contributed by atoms with Gasteiger partial charge in [-0.25, -0.2) is 4.98 Å². The standard InChI is InChI=1S/C13H11N3O/c14-13-15-7-10(16-13)12-9-4-2-1-3-8(9)5-6-11(12)17/h1-7,17H,(H3,14,15,16). The van der Waals surface area contributed by atoms with Gasteiger partial charge in [0.1, 0.15) is 5.75 Å². The number of hydrogen-bond donors (Lipinski definition) is 3. The molecular formula is C13H11N3O. The number of rotatable bonds is 1. The molecule has 1 heterocycles. The van der Waals surface area contributed by atoms with Crippen molar-refractivity contribution in [2.24, 2.45) is 0 Å². The molecule has 0 bridgehead atoms. The van der Waals surface area contributed by atoms with Gasteiger partial charge in [0, 0.05) is 5.56 Å². The molecule has 0 saturated carbocycles. The molecule has 0 aliphatic heterocycles. The Morgan fingerprint density at radius 3 is 2.71 bits per heavy atom. The minimum Gasteiger partial charge on any atom is -0.507 e. The third-order valence-corrected chi connectivity index (χ3v) is 2.77. The van der Waals surface area contributed by atoms with Crippen LogP contribution in [0.5, 0.6) is 5.75 Å². The fourth-order valence-corrected chi connectivity index (χ4v) is 2.01. The van der Waals surface area contributed by atoms with Crippen LogP contribution in [0.25, 0.3) is 22.0 Å². The van der Waals surface area contributed by atoms with E-state index in [0.29, 0.717) is 5.95 Å². The molecule has 4 N–H and O–H groups in total. The number of aromatic hydroxyl groups is 1. The third kappa shape index (κ3) is 1.50. The first-order valence-corrected chi connectivity index (χ1v) is 5.27. The van der Waals surface area contributed by atoms with Gasteiger partial charge >= 0.3 is 0 Å². The zero-order chi connectivity index (χ0) is 11.8. The van der Waals surface area contributed by atoms with Gasteiger partial charge in [-0.05, 0) is 16.8 Å². The highest BCUT2D eigenvalue weighted by molar-refractivity contribution is 5.98. The summed E-state index contributed by atoms with van der Waals surface area (Å²) in [5.41, 5.74) is 7.01. The monoisotopic (exact) mass is 225 g/mol. The van der Waals surface area contributed by atoms with E-state index in [4.69, 9.17) is 5.73 Å². The molecule has 4 nitrogen and oxygen atoms in total. The van der Waals surface area contributed by atoms with Crippen LogP contribution in [0.3, 0.4) is 0 Å². The molecule has 0 aliphatic rings. The van der Waals surface area contributed by atoms with Crippen molar-refractivity contribution < 1.29 is 5.11 Å². The molecule has 0 saturated heterocycles. The molecule has 0 fully saturated rings. The second kappa shape index (κ2) is 3.52. The molecule has 0 atom stereocenters. The Balaban J connectivity index is 2.38. The van der Waals surface area contributed by atoms with Gasteiger partial charge in [-0.15, -0.1) is 0 Å². The molecule has 3 rings (SSSR count). The first-order valence-electron chi connectivity index (χ1n) is 5.27. The molecule has 0 radical (unpaired) electrons. The van der Waals surface area contributed by atoms with E-state index >= 15 is 0 Å². The summed E-state index contributed by atoms with van der Waals surface area (Å²) in [7, 11) is 0. The summed E-state index contributed by atoms with van der Waals surface area (Å²) >= 11 is 0. The lowest BCUT2D eigenvalue weighted by atomic mass is 10.0. The van der Waals surface area contributed by atoms with Crippen molar-refractivity contribution in [3.8, 4) is 17.0 Å². The number of phenolic OH excluding ortho intramolecular Hbond substituents is 1. The Morgan fingerprint density at radius 1 is 1.12 bits per heavy atom. The lowest BCUT2D eigenvalue weighted by Crippen LogP contribution is -1.86. The molecule has 0 spiro atoms. The van der Waals surface area contributed by atoms with Crippen molar-refractivity contribution in [1.82, 2.24) is 9.97 Å². The fourth-order valence-electron chi connectivity index (χ4n) is 2.01. The predicted molar refractivity (Wildman–Crippen MR) is 67.6 cm³/mol. The van der Waals surface area contributed by atoms with Crippen LogP contribution in [0.4, 0.5) is 5.95 Å². The summed E-state index contributed by atoms with van der Waals surface area (Å²) in [6, 6.07) is 11.4. The number of aromatic nitrogens is 2. The maximum Gasteiger partial charge on any atom is 0.197 e. The first-order chi connectivity index (χ1) is 8.25. The molecule has 0 unspecified atom stereocenters. The van der Waals surface area contributed by atoms with Gasteiger partial charge in [-0.3, -0.25) is 0 Å². The molecular weight excluding hydrogens is 214 g/mol. The molecule has 3 aromatic rings. The number of phenols is 1. The number of nitrogens with zero attached hydrogens (tertiary/aromatic N) is 1. The Hall–Kier alpha value is -2.49. The Labute approximate surface area is 97.7 Å². The highest BCUT2D eigenvalue weighted by atomic mass is 16.3. The van der Waals surface area contributed by atoms with Crippen LogP contribution < -0.4 is 5.73 Å². The van der Waals surface area contributed by atoms with E-state index in [9.17, 15) is 5.11 Å². The molecule has 0 aliphatic carbocycles. The van der Waals surface area contributed by atoms with E-state index < -0.39 is 0 Å². The van der Waals surface area contributed by atoms with Crippen molar-refractivity contribution in [2.75, 3.05) is 5.73 Å². The van der Waals surface area contributed by atoms with Crippen LogP contribution in [0.1, 0.15) is 0 Å². The first kappa shape index (κ1) is 9.72. The average molecular weight is 225 g/mol. The third-order valence-electron chi connectivity index (χ3n) is 2.77. The van der Waals surface area contributed by atoms with Gasteiger partial charge in [-0.2, -0.15) is 0 Å². The maximum atomic E-state index is 9.98. The number of nitrogens with one attached hydrogen (secondary N) is 1. The fraction of sp³-hybridized carbons (Fsp3) is 0. The summed E-state index contributed by atoms with van der Waals surface area (Å²) in [5.74, 6) is 0.555. The highest BCUT2D eigenvalue weighted by Crippen LogP contribution is 2.35. The zero-order valence-electron chi connectivity index (χ0n) is 9.01. The van der Waals surface area contributed by atoms with Crippen molar-refractivity contribution >= 4 is 16.7 Å². The maximum absolute atomic E-state index is 9.98. The van der Waals surface area contributed by atoms with E-state index in [1.807, 2.05) is 30.3 Å². The van der Waals surface area contributed by atoms with Gasteiger partial charge in [0.2, 0.25) is 0 Å². The van der Waals surface area contributed by atoms with Crippen LogP contribution in [0, 0.1) is 0 Å². The van der Waals surface area contributed by atoms with E-state index in [0.717, 1.165) is 22.0 Å². The largest absolute Gasteiger partial charge is 0.507 e. The van der Waals surface area contributed by atoms with Gasteiger partial charge in [0.15, 0.2) is 5.95 Å². The Bertz CT molecular complexity index is 688. The number of aromatic amines is 1. The van der Waals surface area contributed by atoms with Crippen LogP contribution in [0.15, 0.2) is 42.6 Å². The van der Waals surface area contributed by atoms with Crippen LogP contribution >= 0.6 is 0 Å². The predicted octanol–water partition coefficient (Wildman–Crippen LogP) is 2.52. The summed E-state index contributed by atoms with van der Waals surface area (Å²) in [6.45, 7) is 0. The lowest BCUT2D eigenvalue weighted by Gasteiger charge is -2.06. The van der Waals surface area contributed by atoms with E-state index in [1.165, 1.54) is 0 Å². The van der Waals surface area contributed by atoms with Crippen molar-refractivity contribution in [2.45, 2.75) is 0 Å². The number of nitrogen functional groups attached to an aromatic ring is 1.